The van der Waals surface area contributed by atoms with Crippen molar-refractivity contribution in [3.8, 4) is 0 Å². The van der Waals surface area contributed by atoms with Gasteiger partial charge in [0.15, 0.2) is 18.1 Å². The van der Waals surface area contributed by atoms with E-state index < -0.39 is 44.1 Å². The maximum Gasteiger partial charge on any atom is 0.332 e. The second-order valence-corrected chi connectivity index (χ2v) is 10.9. The molecule has 0 spiro atoms. The topological polar surface area (TPSA) is 170 Å². The first-order valence-electron chi connectivity index (χ1n) is 11.3. The number of carbonyl (C=O) groups excluding carboxylic acids is 2. The molecule has 196 valence electrons. The number of nitrogens with two attached hydrogens (primary N) is 1. The molecule has 0 saturated carbocycles. The molecule has 14 heteroatoms. The second kappa shape index (κ2) is 12.4. The normalized spacial score (nSPS) is 14.6. The van der Waals surface area contributed by atoms with Crippen LogP contribution in [0.1, 0.15) is 48.0 Å². The Bertz CT molecular complexity index is 1060. The summed E-state index contributed by atoms with van der Waals surface area (Å²) in [6.45, 7) is 9.97. The fraction of sp³-hybridized carbons (Fsp3) is 0.667. The highest BCUT2D eigenvalue weighted by Crippen LogP contribution is 2.45. The minimum atomic E-state index is -3.87. The van der Waals surface area contributed by atoms with Crippen molar-refractivity contribution in [3.05, 3.63) is 12.7 Å². The maximum absolute atomic E-state index is 13.6. The molecule has 35 heavy (non-hydrogen) atoms. The fourth-order valence-electron chi connectivity index (χ4n) is 2.99. The number of carbonyl (C=O) groups is 2. The maximum atomic E-state index is 13.6. The zero-order valence-electron chi connectivity index (χ0n) is 21.0. The van der Waals surface area contributed by atoms with Crippen molar-refractivity contribution < 1.29 is 32.9 Å². The smallest absolute Gasteiger partial charge is 0.332 e. The van der Waals surface area contributed by atoms with E-state index in [1.54, 1.807) is 31.7 Å². The summed E-state index contributed by atoms with van der Waals surface area (Å²) in [6, 6.07) is 0. The van der Waals surface area contributed by atoms with E-state index >= 15 is 0 Å². The second-order valence-electron chi connectivity index (χ2n) is 8.79. The van der Waals surface area contributed by atoms with Gasteiger partial charge in [0.25, 0.3) is 7.52 Å². The molecule has 2 rings (SSSR count). The van der Waals surface area contributed by atoms with Crippen LogP contribution in [0.25, 0.3) is 11.2 Å². The Morgan fingerprint density at radius 2 is 1.94 bits per heavy atom. The molecule has 0 aliphatic carbocycles. The van der Waals surface area contributed by atoms with Gasteiger partial charge in [0.1, 0.15) is 23.7 Å². The number of fused-ring (bicyclic) bond motifs is 1. The zero-order chi connectivity index (χ0) is 26.2. The summed E-state index contributed by atoms with van der Waals surface area (Å²) in [4.78, 5) is 36.7. The highest BCUT2D eigenvalue weighted by atomic mass is 31.2. The Labute approximate surface area is 204 Å². The van der Waals surface area contributed by atoms with Crippen molar-refractivity contribution >= 4 is 36.4 Å². The number of hydrogen-bond acceptors (Lipinski definition) is 11. The molecule has 2 aromatic rings. The number of aromatic nitrogens is 4. The van der Waals surface area contributed by atoms with Gasteiger partial charge in [0.2, 0.25) is 0 Å². The highest BCUT2D eigenvalue weighted by Gasteiger charge is 2.39. The van der Waals surface area contributed by atoms with Crippen molar-refractivity contribution in [2.24, 2.45) is 0 Å². The summed E-state index contributed by atoms with van der Waals surface area (Å²) in [5.41, 5.74) is 5.45. The fourth-order valence-corrected chi connectivity index (χ4v) is 4.90. The van der Waals surface area contributed by atoms with E-state index in [-0.39, 0.29) is 18.5 Å². The van der Waals surface area contributed by atoms with Crippen molar-refractivity contribution in [1.82, 2.24) is 24.6 Å². The summed E-state index contributed by atoms with van der Waals surface area (Å²) in [7, 11) is -3.87. The van der Waals surface area contributed by atoms with E-state index in [1.165, 1.54) is 20.2 Å². The molecule has 0 unspecified atom stereocenters. The monoisotopic (exact) mass is 514 g/mol. The van der Waals surface area contributed by atoms with Gasteiger partial charge in [0.05, 0.1) is 31.7 Å². The van der Waals surface area contributed by atoms with Gasteiger partial charge in [-0.1, -0.05) is 6.92 Å². The average Bonchev–Trinajstić information content (AvgIpc) is 3.18. The SMILES string of the molecule is CCCOC(=O)C(C)(C)N[P@@](=O)(CO[C@H](C)Cn1cnc2c(N)ncnc21)OCC(=O)OC(C)C. The zero-order valence-corrected chi connectivity index (χ0v) is 21.9. The van der Waals surface area contributed by atoms with Gasteiger partial charge < -0.3 is 29.0 Å². The van der Waals surface area contributed by atoms with Crippen LogP contribution >= 0.6 is 7.52 Å². The predicted molar refractivity (Wildman–Crippen MR) is 128 cm³/mol. The minimum absolute atomic E-state index is 0.219. The molecule has 0 aliphatic rings. The van der Waals surface area contributed by atoms with Crippen LogP contribution in [-0.4, -0.2) is 68.8 Å². The molecule has 2 atom stereocenters. The lowest BCUT2D eigenvalue weighted by atomic mass is 10.1. The number of nitrogens with zero attached hydrogens (tertiary/aromatic N) is 4. The average molecular weight is 515 g/mol. The number of rotatable bonds is 14. The molecule has 0 aromatic carbocycles. The molecule has 0 bridgehead atoms. The first-order valence-corrected chi connectivity index (χ1v) is 13.1. The number of nitrogen functional groups attached to an aromatic ring is 1. The third-order valence-electron chi connectivity index (χ3n) is 4.57. The molecule has 0 saturated heterocycles. The summed E-state index contributed by atoms with van der Waals surface area (Å²) in [6.07, 6.45) is 2.27. The van der Waals surface area contributed by atoms with Gasteiger partial charge in [0, 0.05) is 0 Å². The van der Waals surface area contributed by atoms with Gasteiger partial charge in [-0.3, -0.25) is 9.36 Å². The van der Waals surface area contributed by atoms with Gasteiger partial charge in [-0.05, 0) is 41.0 Å². The van der Waals surface area contributed by atoms with E-state index in [0.29, 0.717) is 24.1 Å². The lowest BCUT2D eigenvalue weighted by Crippen LogP contribution is -2.47. The van der Waals surface area contributed by atoms with Crippen molar-refractivity contribution in [1.29, 1.82) is 0 Å². The van der Waals surface area contributed by atoms with Crippen LogP contribution < -0.4 is 10.8 Å². The van der Waals surface area contributed by atoms with Crippen LogP contribution in [0.3, 0.4) is 0 Å². The first kappa shape index (κ1) is 28.6. The number of hydrogen-bond donors (Lipinski definition) is 2. The first-order chi connectivity index (χ1) is 16.4. The number of imidazole rings is 1. The minimum Gasteiger partial charge on any atom is -0.464 e. The number of esters is 2. The summed E-state index contributed by atoms with van der Waals surface area (Å²) in [5, 5.41) is 2.71. The Morgan fingerprint density at radius 3 is 2.60 bits per heavy atom. The van der Waals surface area contributed by atoms with E-state index in [2.05, 4.69) is 20.0 Å². The van der Waals surface area contributed by atoms with Gasteiger partial charge in [-0.15, -0.1) is 0 Å². The Balaban J connectivity index is 2.11. The van der Waals surface area contributed by atoms with Crippen LogP contribution in [0.15, 0.2) is 12.7 Å². The van der Waals surface area contributed by atoms with Crippen LogP contribution in [0.5, 0.6) is 0 Å². The van der Waals surface area contributed by atoms with Crippen molar-refractivity contribution in [2.45, 2.75) is 72.3 Å². The third-order valence-corrected chi connectivity index (χ3v) is 6.50. The lowest BCUT2D eigenvalue weighted by molar-refractivity contribution is -0.149. The van der Waals surface area contributed by atoms with Crippen molar-refractivity contribution in [2.75, 3.05) is 25.3 Å². The van der Waals surface area contributed by atoms with E-state index in [9.17, 15) is 14.2 Å². The Hall–Kier alpha value is -2.60. The molecule has 3 N–H and O–H groups in total. The Kier molecular flexibility index (Phi) is 10.1. The van der Waals surface area contributed by atoms with Gasteiger partial charge in [-0.2, -0.15) is 0 Å². The van der Waals surface area contributed by atoms with E-state index in [4.69, 9.17) is 24.5 Å². The van der Waals surface area contributed by atoms with Gasteiger partial charge in [-0.25, -0.2) is 24.8 Å². The molecule has 0 radical (unpaired) electrons. The summed E-state index contributed by atoms with van der Waals surface area (Å²) < 4.78 is 36.8. The number of nitrogens with one attached hydrogen (secondary N) is 1. The highest BCUT2D eigenvalue weighted by molar-refractivity contribution is 7.56. The quantitative estimate of drug-likeness (QED) is 0.279. The lowest BCUT2D eigenvalue weighted by Gasteiger charge is -2.30. The van der Waals surface area contributed by atoms with Gasteiger partial charge >= 0.3 is 11.9 Å². The van der Waals surface area contributed by atoms with E-state index in [0.717, 1.165) is 0 Å². The standard InChI is InChI=1S/C21H35N6O7P/c1-7-8-31-20(29)21(5,6)26-35(30,33-10-16(28)34-14(2)3)13-32-15(4)9-27-12-25-17-18(22)23-11-24-19(17)27/h11-12,14-15H,7-10,13H2,1-6H3,(H,26,30)(H2,22,23,24)/t15-,35-/m1/s1. The largest absolute Gasteiger partial charge is 0.464 e. The molecule has 0 aliphatic heterocycles. The molecule has 0 amide bonds. The predicted octanol–water partition coefficient (Wildman–Crippen LogP) is 2.25. The summed E-state index contributed by atoms with van der Waals surface area (Å²) >= 11 is 0. The van der Waals surface area contributed by atoms with Crippen LogP contribution in [-0.2, 0) is 39.4 Å². The molecular formula is C21H35N6O7P. The number of ether oxygens (including phenoxy) is 3. The molecule has 2 aromatic heterocycles. The molecule has 13 nitrogen and oxygen atoms in total. The van der Waals surface area contributed by atoms with Crippen LogP contribution in [0, 0.1) is 0 Å². The molecule has 2 heterocycles. The third kappa shape index (κ3) is 8.53. The van der Waals surface area contributed by atoms with Crippen LogP contribution in [0.2, 0.25) is 0 Å². The Morgan fingerprint density at radius 1 is 1.23 bits per heavy atom. The number of anilines is 1. The molecular weight excluding hydrogens is 479 g/mol. The van der Waals surface area contributed by atoms with Crippen molar-refractivity contribution in [3.63, 3.8) is 0 Å². The van der Waals surface area contributed by atoms with Crippen LogP contribution in [0.4, 0.5) is 5.82 Å². The molecule has 0 fully saturated rings. The summed E-state index contributed by atoms with van der Waals surface area (Å²) in [5.74, 6) is -1.04. The van der Waals surface area contributed by atoms with E-state index in [1.807, 2.05) is 6.92 Å².